The maximum absolute atomic E-state index is 11.8. The molecule has 0 aromatic heterocycles. The molecule has 0 saturated heterocycles. The van der Waals surface area contributed by atoms with Crippen LogP contribution in [0.4, 0.5) is 10.5 Å². The molecular formula is C13H19Cl2N3O. The highest BCUT2D eigenvalue weighted by molar-refractivity contribution is 6.42. The standard InChI is InChI=1S/C13H19Cl2N3O/c1-3-7-18(8-4-2)17-13(19)16-10-5-6-11(14)12(15)9-10/h5-6,9H,3-4,7-8H2,1-2H3,(H2,16,17,19). The maximum Gasteiger partial charge on any atom is 0.333 e. The van der Waals surface area contributed by atoms with Crippen molar-refractivity contribution in [1.29, 1.82) is 0 Å². The number of nitrogens with one attached hydrogen (secondary N) is 2. The van der Waals surface area contributed by atoms with E-state index in [1.165, 1.54) is 0 Å². The first-order valence-electron chi connectivity index (χ1n) is 6.34. The van der Waals surface area contributed by atoms with Crippen LogP contribution >= 0.6 is 23.2 Å². The van der Waals surface area contributed by atoms with Gasteiger partial charge in [-0.1, -0.05) is 37.0 Å². The Morgan fingerprint density at radius 1 is 1.16 bits per heavy atom. The third-order valence-electron chi connectivity index (χ3n) is 2.42. The van der Waals surface area contributed by atoms with E-state index in [0.29, 0.717) is 15.7 Å². The first-order chi connectivity index (χ1) is 9.06. The smallest absolute Gasteiger partial charge is 0.307 e. The van der Waals surface area contributed by atoms with E-state index in [-0.39, 0.29) is 6.03 Å². The van der Waals surface area contributed by atoms with E-state index in [9.17, 15) is 4.79 Å². The minimum atomic E-state index is -0.278. The Balaban J connectivity index is 2.55. The zero-order chi connectivity index (χ0) is 14.3. The molecule has 0 saturated carbocycles. The summed E-state index contributed by atoms with van der Waals surface area (Å²) in [6.07, 6.45) is 1.96. The zero-order valence-corrected chi connectivity index (χ0v) is 12.7. The molecule has 0 radical (unpaired) electrons. The van der Waals surface area contributed by atoms with E-state index in [1.807, 2.05) is 5.01 Å². The number of amides is 2. The largest absolute Gasteiger partial charge is 0.333 e. The van der Waals surface area contributed by atoms with Crippen LogP contribution in [-0.2, 0) is 0 Å². The second kappa shape index (κ2) is 8.25. The Kier molecular flexibility index (Phi) is 6.99. The van der Waals surface area contributed by atoms with Crippen LogP contribution in [0.2, 0.25) is 10.0 Å². The fourth-order valence-electron chi connectivity index (χ4n) is 1.64. The number of halogens is 2. The number of carbonyl (C=O) groups excluding carboxylic acids is 1. The average molecular weight is 304 g/mol. The van der Waals surface area contributed by atoms with Gasteiger partial charge in [0, 0.05) is 18.8 Å². The Morgan fingerprint density at radius 2 is 1.79 bits per heavy atom. The molecule has 0 bridgehead atoms. The van der Waals surface area contributed by atoms with Crippen LogP contribution in [0.25, 0.3) is 0 Å². The summed E-state index contributed by atoms with van der Waals surface area (Å²) in [5.41, 5.74) is 3.42. The monoisotopic (exact) mass is 303 g/mol. The van der Waals surface area contributed by atoms with Crippen LogP contribution in [0, 0.1) is 0 Å². The van der Waals surface area contributed by atoms with E-state index in [2.05, 4.69) is 24.6 Å². The van der Waals surface area contributed by atoms with Crippen LogP contribution in [0.15, 0.2) is 18.2 Å². The Bertz CT molecular complexity index is 420. The molecule has 0 fully saturated rings. The third kappa shape index (κ3) is 5.68. The number of benzene rings is 1. The van der Waals surface area contributed by atoms with Gasteiger partial charge >= 0.3 is 6.03 Å². The molecule has 2 amide bonds. The van der Waals surface area contributed by atoms with Gasteiger partial charge in [-0.3, -0.25) is 5.43 Å². The van der Waals surface area contributed by atoms with Crippen molar-refractivity contribution in [3.05, 3.63) is 28.2 Å². The third-order valence-corrected chi connectivity index (χ3v) is 3.16. The van der Waals surface area contributed by atoms with Gasteiger partial charge in [0.2, 0.25) is 0 Å². The van der Waals surface area contributed by atoms with Gasteiger partial charge in [0.1, 0.15) is 0 Å². The van der Waals surface area contributed by atoms with Crippen molar-refractivity contribution >= 4 is 34.9 Å². The zero-order valence-electron chi connectivity index (χ0n) is 11.2. The van der Waals surface area contributed by atoms with Gasteiger partial charge in [-0.05, 0) is 31.0 Å². The topological polar surface area (TPSA) is 44.4 Å². The van der Waals surface area contributed by atoms with Crippen molar-refractivity contribution in [3.63, 3.8) is 0 Å². The molecule has 1 aromatic rings. The van der Waals surface area contributed by atoms with Crippen molar-refractivity contribution in [2.75, 3.05) is 18.4 Å². The van der Waals surface area contributed by atoms with E-state index in [1.54, 1.807) is 18.2 Å². The van der Waals surface area contributed by atoms with Gasteiger partial charge in [-0.15, -0.1) is 0 Å². The van der Waals surface area contributed by atoms with Crippen LogP contribution in [0.3, 0.4) is 0 Å². The predicted molar refractivity (Wildman–Crippen MR) is 80.8 cm³/mol. The van der Waals surface area contributed by atoms with Crippen molar-refractivity contribution in [2.45, 2.75) is 26.7 Å². The summed E-state index contributed by atoms with van der Waals surface area (Å²) < 4.78 is 0. The lowest BCUT2D eigenvalue weighted by atomic mass is 10.3. The lowest BCUT2D eigenvalue weighted by Gasteiger charge is -2.22. The molecule has 0 atom stereocenters. The van der Waals surface area contributed by atoms with Crippen molar-refractivity contribution in [2.24, 2.45) is 0 Å². The van der Waals surface area contributed by atoms with Gasteiger partial charge in [-0.2, -0.15) is 0 Å². The van der Waals surface area contributed by atoms with Crippen LogP contribution in [0.5, 0.6) is 0 Å². The van der Waals surface area contributed by atoms with E-state index in [0.717, 1.165) is 25.9 Å². The SMILES string of the molecule is CCCN(CCC)NC(=O)Nc1ccc(Cl)c(Cl)c1. The van der Waals surface area contributed by atoms with Crippen molar-refractivity contribution in [3.8, 4) is 0 Å². The second-order valence-corrected chi connectivity index (χ2v) is 5.00. The number of rotatable bonds is 6. The highest BCUT2D eigenvalue weighted by Crippen LogP contribution is 2.24. The molecule has 2 N–H and O–H groups in total. The van der Waals surface area contributed by atoms with Gasteiger partial charge in [0.15, 0.2) is 0 Å². The molecule has 6 heteroatoms. The number of urea groups is 1. The molecular weight excluding hydrogens is 285 g/mol. The first kappa shape index (κ1) is 16.1. The minimum Gasteiger partial charge on any atom is -0.307 e. The van der Waals surface area contributed by atoms with Gasteiger partial charge in [-0.25, -0.2) is 9.80 Å². The van der Waals surface area contributed by atoms with Crippen molar-refractivity contribution in [1.82, 2.24) is 10.4 Å². The lowest BCUT2D eigenvalue weighted by Crippen LogP contribution is -2.45. The Morgan fingerprint density at radius 3 is 2.32 bits per heavy atom. The second-order valence-electron chi connectivity index (χ2n) is 4.18. The number of hydrazine groups is 1. The summed E-state index contributed by atoms with van der Waals surface area (Å²) in [5, 5.41) is 5.50. The van der Waals surface area contributed by atoms with Crippen LogP contribution in [0.1, 0.15) is 26.7 Å². The molecule has 1 aromatic carbocycles. The summed E-state index contributed by atoms with van der Waals surface area (Å²) in [7, 11) is 0. The number of nitrogens with zero attached hydrogens (tertiary/aromatic N) is 1. The summed E-state index contributed by atoms with van der Waals surface area (Å²) in [5.74, 6) is 0. The Hall–Kier alpha value is -0.970. The number of anilines is 1. The first-order valence-corrected chi connectivity index (χ1v) is 7.10. The fraction of sp³-hybridized carbons (Fsp3) is 0.462. The fourth-order valence-corrected chi connectivity index (χ4v) is 1.94. The normalized spacial score (nSPS) is 10.6. The number of hydrogen-bond acceptors (Lipinski definition) is 2. The van der Waals surface area contributed by atoms with Gasteiger partial charge < -0.3 is 5.32 Å². The summed E-state index contributed by atoms with van der Waals surface area (Å²) in [6, 6.07) is 4.70. The van der Waals surface area contributed by atoms with E-state index >= 15 is 0 Å². The molecule has 0 spiro atoms. The molecule has 106 valence electrons. The van der Waals surface area contributed by atoms with E-state index < -0.39 is 0 Å². The minimum absolute atomic E-state index is 0.278. The van der Waals surface area contributed by atoms with Crippen molar-refractivity contribution < 1.29 is 4.79 Å². The molecule has 0 aliphatic rings. The Labute approximate surface area is 124 Å². The molecule has 19 heavy (non-hydrogen) atoms. The molecule has 4 nitrogen and oxygen atoms in total. The summed E-state index contributed by atoms with van der Waals surface area (Å²) in [4.78, 5) is 11.8. The molecule has 0 aliphatic heterocycles. The molecule has 0 aliphatic carbocycles. The highest BCUT2D eigenvalue weighted by atomic mass is 35.5. The lowest BCUT2D eigenvalue weighted by molar-refractivity contribution is 0.185. The van der Waals surface area contributed by atoms with Gasteiger partial charge in [0.05, 0.1) is 10.0 Å². The number of carbonyl (C=O) groups is 1. The molecule has 0 unspecified atom stereocenters. The molecule has 1 rings (SSSR count). The van der Waals surface area contributed by atoms with Crippen LogP contribution < -0.4 is 10.7 Å². The predicted octanol–water partition coefficient (Wildman–Crippen LogP) is 4.15. The average Bonchev–Trinajstić information content (AvgIpc) is 2.34. The van der Waals surface area contributed by atoms with Crippen LogP contribution in [-0.4, -0.2) is 24.1 Å². The highest BCUT2D eigenvalue weighted by Gasteiger charge is 2.08. The van der Waals surface area contributed by atoms with Gasteiger partial charge in [0.25, 0.3) is 0 Å². The summed E-state index contributed by atoms with van der Waals surface area (Å²) in [6.45, 7) is 5.79. The quantitative estimate of drug-likeness (QED) is 0.775. The molecule has 0 heterocycles. The number of hydrogen-bond donors (Lipinski definition) is 2. The summed E-state index contributed by atoms with van der Waals surface area (Å²) >= 11 is 11.7. The maximum atomic E-state index is 11.8. The van der Waals surface area contributed by atoms with E-state index in [4.69, 9.17) is 23.2 Å².